The van der Waals surface area contributed by atoms with Gasteiger partial charge in [0.15, 0.2) is 0 Å². The maximum atomic E-state index is 12.0. The monoisotopic (exact) mass is 248 g/mol. The average Bonchev–Trinajstić information content (AvgIpc) is 2.91. The molecule has 94 valence electrons. The van der Waals surface area contributed by atoms with Gasteiger partial charge in [-0.05, 0) is 25.8 Å². The Kier molecular flexibility index (Phi) is 5.52. The summed E-state index contributed by atoms with van der Waals surface area (Å²) in [4.78, 5) is 14.1. The summed E-state index contributed by atoms with van der Waals surface area (Å²) in [7, 11) is 1.64. The van der Waals surface area contributed by atoms with Gasteiger partial charge in [0.25, 0.3) is 0 Å². The van der Waals surface area contributed by atoms with Crippen molar-refractivity contribution in [3.05, 3.63) is 0 Å². The number of methoxy groups -OCH3 is 1. The molecule has 2 aliphatic rings. The fourth-order valence-electron chi connectivity index (χ4n) is 2.25. The summed E-state index contributed by atoms with van der Waals surface area (Å²) in [6.45, 7) is 2.56. The number of nitrogens with one attached hydrogen (secondary N) is 1. The second-order valence-electron chi connectivity index (χ2n) is 4.42. The molecule has 2 fully saturated rings. The molecule has 16 heavy (non-hydrogen) atoms. The Bertz CT molecular complexity index is 228. The van der Waals surface area contributed by atoms with Crippen LogP contribution in [0.5, 0.6) is 0 Å². The summed E-state index contributed by atoms with van der Waals surface area (Å²) in [6, 6.07) is 0.959. The lowest BCUT2D eigenvalue weighted by Crippen LogP contribution is -2.43. The van der Waals surface area contributed by atoms with Gasteiger partial charge in [-0.3, -0.25) is 4.79 Å². The van der Waals surface area contributed by atoms with Crippen LogP contribution in [0.4, 0.5) is 0 Å². The first-order chi connectivity index (χ1) is 7.33. The number of halogens is 1. The molecular weight excluding hydrogens is 228 g/mol. The summed E-state index contributed by atoms with van der Waals surface area (Å²) in [6.07, 6.45) is 4.02. The van der Waals surface area contributed by atoms with Gasteiger partial charge in [0.2, 0.25) is 5.91 Å². The topological polar surface area (TPSA) is 41.6 Å². The van der Waals surface area contributed by atoms with Crippen LogP contribution in [0.3, 0.4) is 0 Å². The quantitative estimate of drug-likeness (QED) is 0.783. The molecule has 1 saturated heterocycles. The summed E-state index contributed by atoms with van der Waals surface area (Å²) < 4.78 is 4.96. The first-order valence-corrected chi connectivity index (χ1v) is 5.83. The van der Waals surface area contributed by atoms with Gasteiger partial charge >= 0.3 is 0 Å². The van der Waals surface area contributed by atoms with Gasteiger partial charge in [-0.25, -0.2) is 0 Å². The van der Waals surface area contributed by atoms with Crippen molar-refractivity contribution in [2.45, 2.75) is 37.8 Å². The second kappa shape index (κ2) is 6.42. The Morgan fingerprint density at radius 3 is 2.62 bits per heavy atom. The van der Waals surface area contributed by atoms with E-state index in [0.29, 0.717) is 25.1 Å². The van der Waals surface area contributed by atoms with Crippen molar-refractivity contribution in [2.24, 2.45) is 0 Å². The Hall–Kier alpha value is -0.320. The van der Waals surface area contributed by atoms with Crippen LogP contribution in [0, 0.1) is 0 Å². The zero-order valence-corrected chi connectivity index (χ0v) is 10.6. The molecule has 1 aliphatic heterocycles. The van der Waals surface area contributed by atoms with E-state index in [2.05, 4.69) is 10.2 Å². The van der Waals surface area contributed by atoms with Gasteiger partial charge in [0, 0.05) is 25.7 Å². The largest absolute Gasteiger partial charge is 0.384 e. The van der Waals surface area contributed by atoms with Crippen molar-refractivity contribution in [2.75, 3.05) is 26.8 Å². The zero-order chi connectivity index (χ0) is 10.7. The summed E-state index contributed by atoms with van der Waals surface area (Å²) >= 11 is 0. The smallest absolute Gasteiger partial charge is 0.225 e. The first-order valence-electron chi connectivity index (χ1n) is 5.83. The van der Waals surface area contributed by atoms with Gasteiger partial charge in [0.1, 0.15) is 0 Å². The van der Waals surface area contributed by atoms with Gasteiger partial charge in [0.05, 0.1) is 13.0 Å². The lowest BCUT2D eigenvalue weighted by Gasteiger charge is -2.28. The van der Waals surface area contributed by atoms with E-state index in [9.17, 15) is 4.79 Å². The van der Waals surface area contributed by atoms with Crippen molar-refractivity contribution in [1.29, 1.82) is 0 Å². The third-order valence-corrected chi connectivity index (χ3v) is 3.18. The minimum absolute atomic E-state index is 0. The molecule has 0 aromatic heterocycles. The molecule has 1 amide bonds. The number of ether oxygens (including phenoxy) is 1. The van der Waals surface area contributed by atoms with E-state index < -0.39 is 0 Å². The SMILES string of the molecule is COCCC(=O)N(C1CC1)C1CCNC1.Cl. The lowest BCUT2D eigenvalue weighted by molar-refractivity contribution is -0.134. The Morgan fingerprint density at radius 2 is 2.12 bits per heavy atom. The van der Waals surface area contributed by atoms with Gasteiger partial charge in [-0.15, -0.1) is 12.4 Å². The molecule has 4 nitrogen and oxygen atoms in total. The van der Waals surface area contributed by atoms with Crippen LogP contribution in [-0.2, 0) is 9.53 Å². The summed E-state index contributed by atoms with van der Waals surface area (Å²) in [5.41, 5.74) is 0. The van der Waals surface area contributed by atoms with E-state index in [1.807, 2.05) is 0 Å². The molecule has 1 heterocycles. The van der Waals surface area contributed by atoms with Crippen LogP contribution in [0.15, 0.2) is 0 Å². The van der Waals surface area contributed by atoms with Crippen molar-refractivity contribution >= 4 is 18.3 Å². The predicted molar refractivity (Wildman–Crippen MR) is 64.9 cm³/mol. The van der Waals surface area contributed by atoms with Crippen molar-refractivity contribution < 1.29 is 9.53 Å². The summed E-state index contributed by atoms with van der Waals surface area (Å²) in [5.74, 6) is 0.271. The Labute approximate surface area is 103 Å². The molecule has 2 rings (SSSR count). The second-order valence-corrected chi connectivity index (χ2v) is 4.42. The standard InChI is InChI=1S/C11H20N2O2.ClH/c1-15-7-5-11(14)13(9-2-3-9)10-4-6-12-8-10;/h9-10,12H,2-8H2,1H3;1H. The maximum absolute atomic E-state index is 12.0. The van der Waals surface area contributed by atoms with Crippen molar-refractivity contribution in [3.8, 4) is 0 Å². The van der Waals surface area contributed by atoms with Crippen molar-refractivity contribution in [3.63, 3.8) is 0 Å². The van der Waals surface area contributed by atoms with E-state index in [-0.39, 0.29) is 18.3 Å². The fraction of sp³-hybridized carbons (Fsp3) is 0.909. The number of rotatable bonds is 5. The fourth-order valence-corrected chi connectivity index (χ4v) is 2.25. The number of carbonyl (C=O) groups excluding carboxylic acids is 1. The van der Waals surface area contributed by atoms with Crippen LogP contribution in [0.25, 0.3) is 0 Å². The first kappa shape index (κ1) is 13.7. The minimum Gasteiger partial charge on any atom is -0.384 e. The van der Waals surface area contributed by atoms with E-state index in [0.717, 1.165) is 19.5 Å². The molecule has 0 spiro atoms. The predicted octanol–water partition coefficient (Wildman–Crippen LogP) is 0.798. The Balaban J connectivity index is 0.00000128. The molecule has 0 radical (unpaired) electrons. The van der Waals surface area contributed by atoms with Gasteiger partial charge < -0.3 is 15.0 Å². The van der Waals surface area contributed by atoms with Crippen LogP contribution in [0.2, 0.25) is 0 Å². The highest BCUT2D eigenvalue weighted by Gasteiger charge is 2.37. The van der Waals surface area contributed by atoms with E-state index in [4.69, 9.17) is 4.74 Å². The molecule has 0 bridgehead atoms. The summed E-state index contributed by atoms with van der Waals surface area (Å²) in [5, 5.41) is 3.32. The number of amides is 1. The Morgan fingerprint density at radius 1 is 1.38 bits per heavy atom. The molecule has 0 aromatic rings. The molecule has 1 atom stereocenters. The third kappa shape index (κ3) is 3.34. The average molecular weight is 249 g/mol. The van der Waals surface area contributed by atoms with Crippen molar-refractivity contribution in [1.82, 2.24) is 10.2 Å². The molecule has 5 heteroatoms. The molecule has 1 aliphatic carbocycles. The zero-order valence-electron chi connectivity index (χ0n) is 9.78. The molecule has 1 N–H and O–H groups in total. The molecule has 1 saturated carbocycles. The number of nitrogens with zero attached hydrogens (tertiary/aromatic N) is 1. The molecule has 1 unspecified atom stereocenters. The number of hydrogen-bond acceptors (Lipinski definition) is 3. The third-order valence-electron chi connectivity index (χ3n) is 3.18. The van der Waals surface area contributed by atoms with Crippen LogP contribution >= 0.6 is 12.4 Å². The lowest BCUT2D eigenvalue weighted by atomic mass is 10.2. The highest BCUT2D eigenvalue weighted by atomic mass is 35.5. The van der Waals surface area contributed by atoms with E-state index in [1.165, 1.54) is 12.8 Å². The molecule has 0 aromatic carbocycles. The minimum atomic E-state index is 0. The van der Waals surface area contributed by atoms with Crippen LogP contribution in [-0.4, -0.2) is 49.7 Å². The highest BCUT2D eigenvalue weighted by molar-refractivity contribution is 5.85. The van der Waals surface area contributed by atoms with Gasteiger partial charge in [-0.2, -0.15) is 0 Å². The van der Waals surface area contributed by atoms with E-state index in [1.54, 1.807) is 7.11 Å². The normalized spacial score (nSPS) is 23.9. The van der Waals surface area contributed by atoms with E-state index >= 15 is 0 Å². The number of hydrogen-bond donors (Lipinski definition) is 1. The molecular formula is C11H21ClN2O2. The van der Waals surface area contributed by atoms with Gasteiger partial charge in [-0.1, -0.05) is 0 Å². The highest BCUT2D eigenvalue weighted by Crippen LogP contribution is 2.30. The number of carbonyl (C=O) groups is 1. The van der Waals surface area contributed by atoms with Crippen LogP contribution < -0.4 is 5.32 Å². The maximum Gasteiger partial charge on any atom is 0.225 e. The van der Waals surface area contributed by atoms with Crippen LogP contribution in [0.1, 0.15) is 25.7 Å².